The van der Waals surface area contributed by atoms with Crippen LogP contribution in [0.2, 0.25) is 0 Å². The van der Waals surface area contributed by atoms with E-state index in [1.54, 1.807) is 0 Å². The van der Waals surface area contributed by atoms with Gasteiger partial charge in [-0.1, -0.05) is 30.3 Å². The molecule has 0 saturated carbocycles. The van der Waals surface area contributed by atoms with Gasteiger partial charge in [0.05, 0.1) is 12.7 Å². The van der Waals surface area contributed by atoms with Crippen LogP contribution in [0.1, 0.15) is 16.1 Å². The summed E-state index contributed by atoms with van der Waals surface area (Å²) in [5.41, 5.74) is 1.12. The average molecular weight is 328 g/mol. The van der Waals surface area contributed by atoms with Crippen LogP contribution < -0.4 is 10.9 Å². The molecule has 126 valence electrons. The molecular weight excluding hydrogens is 308 g/mol. The first-order chi connectivity index (χ1) is 11.7. The number of morpholine rings is 1. The van der Waals surface area contributed by atoms with E-state index in [0.29, 0.717) is 13.2 Å². The standard InChI is InChI=1S/C17H20N4O3/c22-16-7-6-15(19-20-16)17(23)18-10-14-12-21(8-9-24-14)11-13-4-2-1-3-5-13/h1-7,14H,8-12H2,(H,18,23)(H,20,22)/t14-/m0/s1. The fourth-order valence-electron chi connectivity index (χ4n) is 2.66. The molecule has 1 fully saturated rings. The van der Waals surface area contributed by atoms with Crippen molar-refractivity contribution in [3.05, 3.63) is 64.1 Å². The molecule has 1 aromatic heterocycles. The highest BCUT2D eigenvalue weighted by Gasteiger charge is 2.21. The van der Waals surface area contributed by atoms with Crippen molar-refractivity contribution in [3.63, 3.8) is 0 Å². The third-order valence-corrected chi connectivity index (χ3v) is 3.87. The van der Waals surface area contributed by atoms with Gasteiger partial charge in [0.2, 0.25) is 0 Å². The number of H-pyrrole nitrogens is 1. The average Bonchev–Trinajstić information content (AvgIpc) is 2.61. The zero-order chi connectivity index (χ0) is 16.8. The Hall–Kier alpha value is -2.51. The number of nitrogens with zero attached hydrogens (tertiary/aromatic N) is 2. The Balaban J connectivity index is 1.49. The maximum absolute atomic E-state index is 12.0. The molecule has 0 unspecified atom stereocenters. The zero-order valence-electron chi connectivity index (χ0n) is 13.3. The number of aromatic nitrogens is 2. The second kappa shape index (κ2) is 7.85. The van der Waals surface area contributed by atoms with Crippen LogP contribution in [0.5, 0.6) is 0 Å². The SMILES string of the molecule is O=C(NC[C@H]1CN(Cc2ccccc2)CCO1)c1ccc(=O)[nH]n1. The largest absolute Gasteiger partial charge is 0.374 e. The van der Waals surface area contributed by atoms with Gasteiger partial charge in [-0.05, 0) is 11.6 Å². The Morgan fingerprint density at radius 3 is 2.88 bits per heavy atom. The summed E-state index contributed by atoms with van der Waals surface area (Å²) in [5.74, 6) is -0.324. The Bertz CT molecular complexity index is 712. The molecule has 24 heavy (non-hydrogen) atoms. The maximum atomic E-state index is 12.0. The first-order valence-corrected chi connectivity index (χ1v) is 7.92. The van der Waals surface area contributed by atoms with Crippen LogP contribution in [-0.2, 0) is 11.3 Å². The lowest BCUT2D eigenvalue weighted by Gasteiger charge is -2.33. The summed E-state index contributed by atoms with van der Waals surface area (Å²) in [6.07, 6.45) is -0.0610. The third kappa shape index (κ3) is 4.50. The highest BCUT2D eigenvalue weighted by Crippen LogP contribution is 2.10. The van der Waals surface area contributed by atoms with E-state index in [1.165, 1.54) is 17.7 Å². The van der Waals surface area contributed by atoms with Gasteiger partial charge < -0.3 is 10.1 Å². The van der Waals surface area contributed by atoms with Gasteiger partial charge in [0.1, 0.15) is 5.69 Å². The summed E-state index contributed by atoms with van der Waals surface area (Å²) in [4.78, 5) is 25.3. The topological polar surface area (TPSA) is 87.3 Å². The quantitative estimate of drug-likeness (QED) is 0.830. The van der Waals surface area contributed by atoms with Crippen molar-refractivity contribution in [1.29, 1.82) is 0 Å². The molecule has 0 bridgehead atoms. The normalized spacial score (nSPS) is 18.2. The molecule has 7 heteroatoms. The van der Waals surface area contributed by atoms with E-state index < -0.39 is 0 Å². The molecule has 2 aromatic rings. The predicted molar refractivity (Wildman–Crippen MR) is 88.6 cm³/mol. The van der Waals surface area contributed by atoms with Crippen LogP contribution in [0, 0.1) is 0 Å². The van der Waals surface area contributed by atoms with Gasteiger partial charge in [0.25, 0.3) is 11.5 Å². The molecule has 1 aliphatic heterocycles. The molecule has 0 spiro atoms. The van der Waals surface area contributed by atoms with Crippen molar-refractivity contribution in [2.75, 3.05) is 26.2 Å². The maximum Gasteiger partial charge on any atom is 0.271 e. The summed E-state index contributed by atoms with van der Waals surface area (Å²) in [7, 11) is 0. The van der Waals surface area contributed by atoms with Crippen molar-refractivity contribution in [2.45, 2.75) is 12.6 Å². The van der Waals surface area contributed by atoms with E-state index in [1.807, 2.05) is 18.2 Å². The summed E-state index contributed by atoms with van der Waals surface area (Å²) < 4.78 is 5.72. The van der Waals surface area contributed by atoms with E-state index in [0.717, 1.165) is 19.6 Å². The van der Waals surface area contributed by atoms with Crippen molar-refractivity contribution in [2.24, 2.45) is 0 Å². The van der Waals surface area contributed by atoms with E-state index >= 15 is 0 Å². The lowest BCUT2D eigenvalue weighted by molar-refractivity contribution is -0.0292. The number of benzene rings is 1. The van der Waals surface area contributed by atoms with Crippen LogP contribution in [0.15, 0.2) is 47.3 Å². The number of carbonyl (C=O) groups is 1. The molecule has 1 saturated heterocycles. The van der Waals surface area contributed by atoms with Crippen molar-refractivity contribution in [1.82, 2.24) is 20.4 Å². The van der Waals surface area contributed by atoms with Crippen LogP contribution >= 0.6 is 0 Å². The Labute approximate surface area is 139 Å². The highest BCUT2D eigenvalue weighted by molar-refractivity contribution is 5.91. The Morgan fingerprint density at radius 2 is 2.12 bits per heavy atom. The minimum atomic E-state index is -0.335. The van der Waals surface area contributed by atoms with Crippen LogP contribution in [0.25, 0.3) is 0 Å². The molecule has 7 nitrogen and oxygen atoms in total. The van der Waals surface area contributed by atoms with E-state index in [-0.39, 0.29) is 23.3 Å². The van der Waals surface area contributed by atoms with Gasteiger partial charge in [0.15, 0.2) is 0 Å². The molecule has 1 aromatic carbocycles. The molecule has 1 atom stereocenters. The molecule has 0 aliphatic carbocycles. The van der Waals surface area contributed by atoms with Crippen molar-refractivity contribution >= 4 is 5.91 Å². The van der Waals surface area contributed by atoms with Gasteiger partial charge in [-0.15, -0.1) is 0 Å². The van der Waals surface area contributed by atoms with Gasteiger partial charge >= 0.3 is 0 Å². The van der Waals surface area contributed by atoms with Gasteiger partial charge in [0, 0.05) is 32.2 Å². The third-order valence-electron chi connectivity index (χ3n) is 3.87. The molecule has 1 amide bonds. The number of hydrogen-bond donors (Lipinski definition) is 2. The Morgan fingerprint density at radius 1 is 1.29 bits per heavy atom. The highest BCUT2D eigenvalue weighted by atomic mass is 16.5. The lowest BCUT2D eigenvalue weighted by Crippen LogP contribution is -2.47. The molecular formula is C17H20N4O3. The second-order valence-corrected chi connectivity index (χ2v) is 5.73. The van der Waals surface area contributed by atoms with Gasteiger partial charge in [-0.2, -0.15) is 5.10 Å². The fourth-order valence-corrected chi connectivity index (χ4v) is 2.66. The predicted octanol–water partition coefficient (Wildman–Crippen LogP) is 0.401. The van der Waals surface area contributed by atoms with Crippen LogP contribution in [0.3, 0.4) is 0 Å². The summed E-state index contributed by atoms with van der Waals surface area (Å²) in [6.45, 7) is 3.56. The number of rotatable bonds is 5. The molecule has 2 heterocycles. The summed E-state index contributed by atoms with van der Waals surface area (Å²) in [5, 5.41) is 8.76. The lowest BCUT2D eigenvalue weighted by atomic mass is 10.2. The first kappa shape index (κ1) is 16.4. The number of carbonyl (C=O) groups excluding carboxylic acids is 1. The van der Waals surface area contributed by atoms with Crippen LogP contribution in [0.4, 0.5) is 0 Å². The second-order valence-electron chi connectivity index (χ2n) is 5.73. The minimum Gasteiger partial charge on any atom is -0.374 e. The monoisotopic (exact) mass is 328 g/mol. The van der Waals surface area contributed by atoms with Crippen molar-refractivity contribution in [3.8, 4) is 0 Å². The number of nitrogens with one attached hydrogen (secondary N) is 2. The molecule has 2 N–H and O–H groups in total. The van der Waals surface area contributed by atoms with E-state index in [4.69, 9.17) is 4.74 Å². The number of aromatic amines is 1. The molecule has 0 radical (unpaired) electrons. The molecule has 3 rings (SSSR count). The molecule has 1 aliphatic rings. The summed E-state index contributed by atoms with van der Waals surface area (Å²) in [6, 6.07) is 13.0. The first-order valence-electron chi connectivity index (χ1n) is 7.92. The minimum absolute atomic E-state index is 0.0610. The number of ether oxygens (including phenoxy) is 1. The van der Waals surface area contributed by atoms with Gasteiger partial charge in [-0.25, -0.2) is 5.10 Å². The summed E-state index contributed by atoms with van der Waals surface area (Å²) >= 11 is 0. The van der Waals surface area contributed by atoms with Crippen LogP contribution in [-0.4, -0.2) is 53.3 Å². The van der Waals surface area contributed by atoms with Crippen molar-refractivity contribution < 1.29 is 9.53 Å². The van der Waals surface area contributed by atoms with E-state index in [2.05, 4.69) is 32.5 Å². The fraction of sp³-hybridized carbons (Fsp3) is 0.353. The number of amides is 1. The van der Waals surface area contributed by atoms with E-state index in [9.17, 15) is 9.59 Å². The zero-order valence-corrected chi connectivity index (χ0v) is 13.3. The smallest absolute Gasteiger partial charge is 0.271 e. The Kier molecular flexibility index (Phi) is 5.35. The number of hydrogen-bond acceptors (Lipinski definition) is 5. The van der Waals surface area contributed by atoms with Gasteiger partial charge in [-0.3, -0.25) is 14.5 Å².